The third-order valence-electron chi connectivity index (χ3n) is 4.55. The van der Waals surface area contributed by atoms with E-state index in [-0.39, 0.29) is 11.9 Å². The van der Waals surface area contributed by atoms with Crippen molar-refractivity contribution in [1.82, 2.24) is 29.5 Å². The largest absolute Gasteiger partial charge is 0.377 e. The molecule has 0 saturated carbocycles. The standard InChI is InChI=1S/C17H20N6O2/c1-25-10-15-19-16(21-20-15)14-4-2-3-7-23(14)17(24)12-5-6-13-8-18-11-22(13)9-12/h5-6,8-9,11,14H,2-4,7,10H2,1H3,(H,19,20,21)/t14-/m0/s1. The third kappa shape index (κ3) is 3.00. The van der Waals surface area contributed by atoms with Crippen molar-refractivity contribution in [2.75, 3.05) is 13.7 Å². The van der Waals surface area contributed by atoms with E-state index in [0.29, 0.717) is 30.4 Å². The molecule has 0 radical (unpaired) electrons. The van der Waals surface area contributed by atoms with Crippen LogP contribution in [0.3, 0.4) is 0 Å². The van der Waals surface area contributed by atoms with Crippen LogP contribution in [0, 0.1) is 0 Å². The molecule has 1 N–H and O–H groups in total. The second-order valence-electron chi connectivity index (χ2n) is 6.23. The molecule has 1 saturated heterocycles. The van der Waals surface area contributed by atoms with E-state index in [4.69, 9.17) is 4.74 Å². The molecule has 130 valence electrons. The Morgan fingerprint density at radius 1 is 1.40 bits per heavy atom. The van der Waals surface area contributed by atoms with E-state index in [9.17, 15) is 4.79 Å². The number of imidazole rings is 1. The Morgan fingerprint density at radius 2 is 2.32 bits per heavy atom. The van der Waals surface area contributed by atoms with Crippen LogP contribution < -0.4 is 0 Å². The highest BCUT2D eigenvalue weighted by molar-refractivity contribution is 5.94. The predicted octanol–water partition coefficient (Wildman–Crippen LogP) is 1.97. The van der Waals surface area contributed by atoms with Gasteiger partial charge in [0.2, 0.25) is 0 Å². The Hall–Kier alpha value is -2.74. The summed E-state index contributed by atoms with van der Waals surface area (Å²) in [6.45, 7) is 1.09. The number of hydrogen-bond acceptors (Lipinski definition) is 5. The number of aromatic amines is 1. The van der Waals surface area contributed by atoms with E-state index < -0.39 is 0 Å². The lowest BCUT2D eigenvalue weighted by Gasteiger charge is -2.34. The van der Waals surface area contributed by atoms with Crippen molar-refractivity contribution in [2.45, 2.75) is 31.9 Å². The molecule has 4 rings (SSSR count). The number of rotatable bonds is 4. The topological polar surface area (TPSA) is 88.4 Å². The molecule has 1 fully saturated rings. The zero-order valence-corrected chi connectivity index (χ0v) is 14.1. The van der Waals surface area contributed by atoms with Crippen molar-refractivity contribution >= 4 is 11.4 Å². The maximum atomic E-state index is 13.1. The first kappa shape index (κ1) is 15.8. The van der Waals surface area contributed by atoms with Gasteiger partial charge >= 0.3 is 0 Å². The highest BCUT2D eigenvalue weighted by Gasteiger charge is 2.31. The van der Waals surface area contributed by atoms with Gasteiger partial charge in [0.15, 0.2) is 11.6 Å². The Bertz CT molecular complexity index is 886. The number of nitrogens with zero attached hydrogens (tertiary/aromatic N) is 5. The van der Waals surface area contributed by atoms with Gasteiger partial charge in [-0.2, -0.15) is 5.10 Å². The fourth-order valence-corrected chi connectivity index (χ4v) is 3.32. The van der Waals surface area contributed by atoms with Gasteiger partial charge in [0.1, 0.15) is 6.61 Å². The Kier molecular flexibility index (Phi) is 4.19. The number of aromatic nitrogens is 5. The third-order valence-corrected chi connectivity index (χ3v) is 4.55. The van der Waals surface area contributed by atoms with Crippen LogP contribution >= 0.6 is 0 Å². The van der Waals surface area contributed by atoms with Gasteiger partial charge in [0.05, 0.1) is 29.6 Å². The number of methoxy groups -OCH3 is 1. The predicted molar refractivity (Wildman–Crippen MR) is 89.9 cm³/mol. The molecule has 25 heavy (non-hydrogen) atoms. The van der Waals surface area contributed by atoms with Crippen molar-refractivity contribution in [3.05, 3.63) is 48.1 Å². The van der Waals surface area contributed by atoms with Crippen LogP contribution in [0.5, 0.6) is 0 Å². The van der Waals surface area contributed by atoms with E-state index in [0.717, 1.165) is 24.8 Å². The number of hydrogen-bond donors (Lipinski definition) is 1. The molecule has 0 spiro atoms. The summed E-state index contributed by atoms with van der Waals surface area (Å²) in [7, 11) is 1.62. The number of pyridine rings is 1. The fraction of sp³-hybridized carbons (Fsp3) is 0.412. The minimum atomic E-state index is -0.110. The average molecular weight is 340 g/mol. The quantitative estimate of drug-likeness (QED) is 0.784. The maximum Gasteiger partial charge on any atom is 0.255 e. The normalized spacial score (nSPS) is 18.0. The molecule has 8 nitrogen and oxygen atoms in total. The van der Waals surface area contributed by atoms with Crippen molar-refractivity contribution < 1.29 is 9.53 Å². The monoisotopic (exact) mass is 340 g/mol. The molecule has 1 aliphatic heterocycles. The van der Waals surface area contributed by atoms with Crippen molar-refractivity contribution in [3.8, 4) is 0 Å². The number of likely N-dealkylation sites (tertiary alicyclic amines) is 1. The summed E-state index contributed by atoms with van der Waals surface area (Å²) < 4.78 is 6.94. The SMILES string of the molecule is COCc1nc([C@@H]2CCCCN2C(=O)c2ccc3cncn3c2)n[nH]1. The second-order valence-corrected chi connectivity index (χ2v) is 6.23. The zero-order chi connectivity index (χ0) is 17.2. The van der Waals surface area contributed by atoms with E-state index in [1.807, 2.05) is 27.6 Å². The molecule has 0 unspecified atom stereocenters. The number of fused-ring (bicyclic) bond motifs is 1. The zero-order valence-electron chi connectivity index (χ0n) is 14.1. The second kappa shape index (κ2) is 6.64. The highest BCUT2D eigenvalue weighted by atomic mass is 16.5. The number of carbonyl (C=O) groups excluding carboxylic acids is 1. The van der Waals surface area contributed by atoms with Gasteiger partial charge < -0.3 is 14.0 Å². The van der Waals surface area contributed by atoms with Gasteiger partial charge in [-0.1, -0.05) is 0 Å². The highest BCUT2D eigenvalue weighted by Crippen LogP contribution is 2.30. The summed E-state index contributed by atoms with van der Waals surface area (Å²) in [5.41, 5.74) is 1.61. The van der Waals surface area contributed by atoms with E-state index >= 15 is 0 Å². The van der Waals surface area contributed by atoms with Crippen LogP contribution in [0.15, 0.2) is 30.9 Å². The first-order valence-electron chi connectivity index (χ1n) is 8.39. The van der Waals surface area contributed by atoms with Crippen molar-refractivity contribution in [1.29, 1.82) is 0 Å². The molecule has 0 aliphatic carbocycles. The minimum Gasteiger partial charge on any atom is -0.377 e. The van der Waals surface area contributed by atoms with Crippen LogP contribution in [0.25, 0.3) is 5.52 Å². The lowest BCUT2D eigenvalue weighted by Crippen LogP contribution is -2.39. The summed E-state index contributed by atoms with van der Waals surface area (Å²) >= 11 is 0. The summed E-state index contributed by atoms with van der Waals surface area (Å²) in [4.78, 5) is 23.5. The Balaban J connectivity index is 1.61. The molecule has 8 heteroatoms. The molecule has 0 aromatic carbocycles. The molecule has 3 aromatic heterocycles. The van der Waals surface area contributed by atoms with Crippen molar-refractivity contribution in [2.24, 2.45) is 0 Å². The molecular formula is C17H20N6O2. The number of nitrogens with one attached hydrogen (secondary N) is 1. The van der Waals surface area contributed by atoms with Crippen LogP contribution in [0.1, 0.15) is 47.3 Å². The average Bonchev–Trinajstić information content (AvgIpc) is 3.30. The summed E-state index contributed by atoms with van der Waals surface area (Å²) in [5.74, 6) is 1.33. The number of amides is 1. The molecule has 1 atom stereocenters. The molecular weight excluding hydrogens is 320 g/mol. The van der Waals surface area contributed by atoms with Crippen LogP contribution in [-0.4, -0.2) is 49.0 Å². The fourth-order valence-electron chi connectivity index (χ4n) is 3.32. The Labute approximate surface area is 144 Å². The maximum absolute atomic E-state index is 13.1. The van der Waals surface area contributed by atoms with Gasteiger partial charge in [-0.15, -0.1) is 0 Å². The van der Waals surface area contributed by atoms with Crippen molar-refractivity contribution in [3.63, 3.8) is 0 Å². The number of carbonyl (C=O) groups is 1. The van der Waals surface area contributed by atoms with E-state index in [2.05, 4.69) is 20.2 Å². The van der Waals surface area contributed by atoms with Crippen LogP contribution in [-0.2, 0) is 11.3 Å². The lowest BCUT2D eigenvalue weighted by molar-refractivity contribution is 0.0599. The first-order chi connectivity index (χ1) is 12.3. The molecule has 1 aliphatic rings. The van der Waals surface area contributed by atoms with Gasteiger partial charge in [-0.3, -0.25) is 9.89 Å². The Morgan fingerprint density at radius 3 is 3.20 bits per heavy atom. The number of H-pyrrole nitrogens is 1. The molecule has 3 aromatic rings. The van der Waals surface area contributed by atoms with Gasteiger partial charge in [0, 0.05) is 19.9 Å². The number of piperidine rings is 1. The summed E-state index contributed by atoms with van der Waals surface area (Å²) in [5, 5.41) is 7.19. The molecule has 1 amide bonds. The number of ether oxygens (including phenoxy) is 1. The smallest absolute Gasteiger partial charge is 0.255 e. The minimum absolute atomic E-state index is 0.00149. The van der Waals surface area contributed by atoms with Crippen LogP contribution in [0.4, 0.5) is 0 Å². The first-order valence-corrected chi connectivity index (χ1v) is 8.39. The summed E-state index contributed by atoms with van der Waals surface area (Å²) in [6, 6.07) is 3.64. The van der Waals surface area contributed by atoms with Crippen LogP contribution in [0.2, 0.25) is 0 Å². The van der Waals surface area contributed by atoms with E-state index in [1.54, 1.807) is 19.6 Å². The van der Waals surface area contributed by atoms with Gasteiger partial charge in [0.25, 0.3) is 5.91 Å². The van der Waals surface area contributed by atoms with Gasteiger partial charge in [-0.25, -0.2) is 9.97 Å². The summed E-state index contributed by atoms with van der Waals surface area (Å²) in [6.07, 6.45) is 8.21. The molecule has 4 heterocycles. The van der Waals surface area contributed by atoms with E-state index in [1.165, 1.54) is 0 Å². The van der Waals surface area contributed by atoms with Gasteiger partial charge in [-0.05, 0) is 31.4 Å². The lowest BCUT2D eigenvalue weighted by atomic mass is 10.0. The molecule has 0 bridgehead atoms.